The van der Waals surface area contributed by atoms with Crippen molar-refractivity contribution in [2.45, 2.75) is 44.0 Å². The molecule has 18 nitrogen and oxygen atoms in total. The Bertz CT molecular complexity index is 900. The van der Waals surface area contributed by atoms with Crippen molar-refractivity contribution < 1.29 is 87.5 Å². The molecule has 0 saturated carbocycles. The van der Waals surface area contributed by atoms with E-state index < -0.39 is 54.6 Å². The van der Waals surface area contributed by atoms with Gasteiger partial charge in [0.05, 0.1) is 58.7 Å². The van der Waals surface area contributed by atoms with Crippen LogP contribution in [0.2, 0.25) is 0 Å². The highest BCUT2D eigenvalue weighted by Crippen LogP contribution is 2.05. The lowest BCUT2D eigenvalue weighted by atomic mass is 10.4. The third-order valence-electron chi connectivity index (χ3n) is 4.46. The van der Waals surface area contributed by atoms with Crippen molar-refractivity contribution in [2.75, 3.05) is 66.1 Å². The van der Waals surface area contributed by atoms with E-state index in [9.17, 15) is 33.9 Å². The molecule has 0 radical (unpaired) electrons. The van der Waals surface area contributed by atoms with Gasteiger partial charge >= 0.3 is 35.8 Å². The SMILES string of the molecule is C=CC(=O)OCCC(=O)OCCC(=O)O.C=CC(=O)OCCC(=O)OCCC(=O)OCC(O)COCC(O)CO.OCC1CO1. The number of carbonyl (C=O) groups is 6. The van der Waals surface area contributed by atoms with Gasteiger partial charge in [0, 0.05) is 12.2 Å². The zero-order valence-electron chi connectivity index (χ0n) is 24.7. The normalized spacial score (nSPS) is 13.9. The van der Waals surface area contributed by atoms with Gasteiger partial charge in [-0.2, -0.15) is 0 Å². The molecule has 1 aliphatic heterocycles. The minimum absolute atomic E-state index is 0.0980. The molecule has 3 unspecified atom stereocenters. The molecule has 258 valence electrons. The zero-order valence-corrected chi connectivity index (χ0v) is 24.7. The summed E-state index contributed by atoms with van der Waals surface area (Å²) < 4.78 is 32.6. The predicted octanol–water partition coefficient (Wildman–Crippen LogP) is -2.19. The first kappa shape index (κ1) is 43.2. The summed E-state index contributed by atoms with van der Waals surface area (Å²) in [4.78, 5) is 64.8. The Balaban J connectivity index is 0. The van der Waals surface area contributed by atoms with E-state index in [1.807, 2.05) is 0 Å². The highest BCUT2D eigenvalue weighted by molar-refractivity contribution is 5.82. The zero-order chi connectivity index (χ0) is 34.5. The molecule has 18 heteroatoms. The van der Waals surface area contributed by atoms with Gasteiger partial charge in [-0.25, -0.2) is 9.59 Å². The topological polar surface area (TPSA) is 271 Å². The van der Waals surface area contributed by atoms with Crippen LogP contribution in [0.3, 0.4) is 0 Å². The van der Waals surface area contributed by atoms with Gasteiger partial charge in [-0.15, -0.1) is 0 Å². The molecule has 0 aromatic rings. The molecule has 45 heavy (non-hydrogen) atoms. The molecule has 3 atom stereocenters. The molecule has 0 aromatic carbocycles. The van der Waals surface area contributed by atoms with Crippen molar-refractivity contribution >= 4 is 35.8 Å². The van der Waals surface area contributed by atoms with Crippen LogP contribution in [0.15, 0.2) is 25.3 Å². The van der Waals surface area contributed by atoms with Crippen molar-refractivity contribution in [2.24, 2.45) is 0 Å². The summed E-state index contributed by atoms with van der Waals surface area (Å²) in [5, 5.41) is 43.4. The predicted molar refractivity (Wildman–Crippen MR) is 148 cm³/mol. The van der Waals surface area contributed by atoms with Crippen LogP contribution in [0.4, 0.5) is 0 Å². The van der Waals surface area contributed by atoms with Crippen LogP contribution in [-0.4, -0.2) is 146 Å². The molecule has 0 bridgehead atoms. The summed E-state index contributed by atoms with van der Waals surface area (Å²) in [5.41, 5.74) is 0. The molecule has 1 aliphatic rings. The van der Waals surface area contributed by atoms with Crippen LogP contribution in [-0.2, 0) is 61.9 Å². The van der Waals surface area contributed by atoms with Crippen molar-refractivity contribution in [3.05, 3.63) is 25.3 Å². The number of aliphatic hydroxyl groups excluding tert-OH is 4. The average molecular weight is 655 g/mol. The fraction of sp³-hybridized carbons (Fsp3) is 0.630. The number of aliphatic carboxylic acids is 1. The molecule has 1 fully saturated rings. The molecule has 1 rings (SSSR count). The number of aliphatic hydroxyl groups is 4. The first-order valence-corrected chi connectivity index (χ1v) is 13.4. The van der Waals surface area contributed by atoms with Gasteiger partial charge in [0.15, 0.2) is 0 Å². The highest BCUT2D eigenvalue weighted by atomic mass is 16.6. The van der Waals surface area contributed by atoms with E-state index in [-0.39, 0.29) is 84.6 Å². The fourth-order valence-electron chi connectivity index (χ4n) is 2.11. The summed E-state index contributed by atoms with van der Waals surface area (Å²) >= 11 is 0. The van der Waals surface area contributed by atoms with Crippen LogP contribution in [0, 0.1) is 0 Å². The monoisotopic (exact) mass is 654 g/mol. The minimum Gasteiger partial charge on any atom is -0.481 e. The highest BCUT2D eigenvalue weighted by Gasteiger charge is 2.19. The van der Waals surface area contributed by atoms with E-state index in [0.717, 1.165) is 18.8 Å². The maximum atomic E-state index is 11.4. The Kier molecular flexibility index (Phi) is 27.6. The van der Waals surface area contributed by atoms with Gasteiger partial charge in [-0.1, -0.05) is 13.2 Å². The molecule has 0 aliphatic carbocycles. The molecule has 1 saturated heterocycles. The molecule has 0 spiro atoms. The van der Waals surface area contributed by atoms with E-state index in [0.29, 0.717) is 0 Å². The van der Waals surface area contributed by atoms with Crippen LogP contribution in [0.1, 0.15) is 25.7 Å². The summed E-state index contributed by atoms with van der Waals surface area (Å²) in [5.74, 6) is -4.23. The Morgan fingerprint density at radius 2 is 1.11 bits per heavy atom. The van der Waals surface area contributed by atoms with E-state index in [4.69, 9.17) is 34.6 Å². The van der Waals surface area contributed by atoms with Crippen molar-refractivity contribution in [3.8, 4) is 0 Å². The molecular weight excluding hydrogens is 612 g/mol. The first-order valence-electron chi connectivity index (χ1n) is 13.4. The van der Waals surface area contributed by atoms with E-state index in [1.54, 1.807) is 0 Å². The van der Waals surface area contributed by atoms with E-state index in [2.05, 4.69) is 32.1 Å². The number of carboxylic acid groups (broad SMARTS) is 1. The quantitative estimate of drug-likeness (QED) is 0.0359. The van der Waals surface area contributed by atoms with Gasteiger partial charge < -0.3 is 58.7 Å². The van der Waals surface area contributed by atoms with Crippen LogP contribution in [0.25, 0.3) is 0 Å². The number of carbonyl (C=O) groups excluding carboxylic acids is 5. The Morgan fingerprint density at radius 1 is 0.689 bits per heavy atom. The lowest BCUT2D eigenvalue weighted by Gasteiger charge is -2.13. The average Bonchev–Trinajstić information content (AvgIpc) is 3.85. The molecule has 0 aromatic heterocycles. The van der Waals surface area contributed by atoms with Gasteiger partial charge in [0.25, 0.3) is 0 Å². The second-order valence-corrected chi connectivity index (χ2v) is 8.43. The molecule has 0 amide bonds. The van der Waals surface area contributed by atoms with Gasteiger partial charge in [0.1, 0.15) is 51.3 Å². The second-order valence-electron chi connectivity index (χ2n) is 8.43. The Hall–Kier alpha value is -3.94. The Morgan fingerprint density at radius 3 is 1.49 bits per heavy atom. The van der Waals surface area contributed by atoms with Crippen LogP contribution < -0.4 is 0 Å². The van der Waals surface area contributed by atoms with Crippen LogP contribution >= 0.6 is 0 Å². The summed E-state index contributed by atoms with van der Waals surface area (Å²) in [7, 11) is 0. The first-order chi connectivity index (χ1) is 21.4. The largest absolute Gasteiger partial charge is 0.481 e. The third kappa shape index (κ3) is 32.8. The lowest BCUT2D eigenvalue weighted by Crippen LogP contribution is -2.27. The van der Waals surface area contributed by atoms with Gasteiger partial charge in [-0.05, 0) is 0 Å². The Labute approximate surface area is 259 Å². The van der Waals surface area contributed by atoms with Crippen molar-refractivity contribution in [3.63, 3.8) is 0 Å². The molecule has 5 N–H and O–H groups in total. The summed E-state index contributed by atoms with van der Waals surface area (Å²) in [6.45, 7) is 5.58. The maximum Gasteiger partial charge on any atom is 0.330 e. The number of carboxylic acids is 1. The number of esters is 5. The number of ether oxygens (including phenoxy) is 7. The molecular formula is C27H42O18. The fourth-order valence-corrected chi connectivity index (χ4v) is 2.11. The molecule has 1 heterocycles. The smallest absolute Gasteiger partial charge is 0.330 e. The van der Waals surface area contributed by atoms with Gasteiger partial charge in [0.2, 0.25) is 0 Å². The minimum atomic E-state index is -1.09. The van der Waals surface area contributed by atoms with E-state index in [1.165, 1.54) is 0 Å². The number of epoxide rings is 1. The number of rotatable bonds is 22. The third-order valence-corrected chi connectivity index (χ3v) is 4.46. The standard InChI is InChI=1S/C15H24O10.C9H12O6.C3H6O2/c1-2-13(19)23-5-3-14(20)24-6-4-15(21)25-10-12(18)9-22-8-11(17)7-16;1-2-8(12)14-6-4-9(13)15-5-3-7(10)11;4-1-3-2-5-3/h2,11-12,16-18H,1,3-10H2;2H,1,3-6H2,(H,10,11);3-4H,1-2H2. The van der Waals surface area contributed by atoms with Crippen molar-refractivity contribution in [1.29, 1.82) is 0 Å². The van der Waals surface area contributed by atoms with E-state index >= 15 is 0 Å². The second kappa shape index (κ2) is 28.8. The van der Waals surface area contributed by atoms with Crippen LogP contribution in [0.5, 0.6) is 0 Å². The summed E-state index contributed by atoms with van der Waals surface area (Å²) in [6, 6.07) is 0. The lowest BCUT2D eigenvalue weighted by molar-refractivity contribution is -0.153. The summed E-state index contributed by atoms with van der Waals surface area (Å²) in [6.07, 6.45) is -0.668. The van der Waals surface area contributed by atoms with Crippen molar-refractivity contribution in [1.82, 2.24) is 0 Å². The number of hydrogen-bond acceptors (Lipinski definition) is 17. The maximum absolute atomic E-state index is 11.4. The number of hydrogen-bond donors (Lipinski definition) is 5. The van der Waals surface area contributed by atoms with Gasteiger partial charge in [-0.3, -0.25) is 19.2 Å².